The van der Waals surface area contributed by atoms with E-state index in [0.717, 1.165) is 6.20 Å². The molecule has 0 aromatic heterocycles. The SMILES string of the molecule is CCOC(=O)C(=CN(C)C)C(=O)c1cc(F)c(F)c(OCc2ccccc2)c1F. The maximum absolute atomic E-state index is 14.9. The van der Waals surface area contributed by atoms with Crippen LogP contribution in [0.3, 0.4) is 0 Å². The second kappa shape index (κ2) is 9.77. The van der Waals surface area contributed by atoms with Crippen LogP contribution in [-0.4, -0.2) is 37.4 Å². The lowest BCUT2D eigenvalue weighted by molar-refractivity contribution is -0.138. The molecule has 2 aromatic rings. The first-order valence-electron chi connectivity index (χ1n) is 8.70. The van der Waals surface area contributed by atoms with E-state index in [-0.39, 0.29) is 13.2 Å². The molecular formula is C21H20F3NO4. The molecule has 0 saturated carbocycles. The summed E-state index contributed by atoms with van der Waals surface area (Å²) in [5, 5.41) is 0. The molecule has 0 unspecified atom stereocenters. The normalized spacial score (nSPS) is 11.2. The Bertz CT molecular complexity index is 927. The zero-order chi connectivity index (χ0) is 21.6. The van der Waals surface area contributed by atoms with Crippen LogP contribution in [0, 0.1) is 17.5 Å². The van der Waals surface area contributed by atoms with Crippen molar-refractivity contribution < 1.29 is 32.2 Å². The highest BCUT2D eigenvalue weighted by Crippen LogP contribution is 2.29. The Morgan fingerprint density at radius 2 is 1.72 bits per heavy atom. The molecule has 0 aliphatic heterocycles. The van der Waals surface area contributed by atoms with Gasteiger partial charge in [0.2, 0.25) is 11.6 Å². The van der Waals surface area contributed by atoms with E-state index in [1.165, 1.54) is 25.9 Å². The van der Waals surface area contributed by atoms with Crippen LogP contribution >= 0.6 is 0 Å². The lowest BCUT2D eigenvalue weighted by Gasteiger charge is -2.14. The van der Waals surface area contributed by atoms with Crippen LogP contribution in [0.1, 0.15) is 22.8 Å². The molecule has 0 fully saturated rings. The van der Waals surface area contributed by atoms with Gasteiger partial charge in [0.15, 0.2) is 17.4 Å². The number of esters is 1. The zero-order valence-corrected chi connectivity index (χ0v) is 16.2. The van der Waals surface area contributed by atoms with Gasteiger partial charge in [-0.1, -0.05) is 30.3 Å². The first-order chi connectivity index (χ1) is 13.8. The molecule has 0 bridgehead atoms. The van der Waals surface area contributed by atoms with Crippen molar-refractivity contribution in [3.63, 3.8) is 0 Å². The summed E-state index contributed by atoms with van der Waals surface area (Å²) in [5.41, 5.74) is -0.785. The van der Waals surface area contributed by atoms with Crippen LogP contribution in [0.5, 0.6) is 5.75 Å². The molecule has 0 aliphatic carbocycles. The number of Topliss-reactive ketones (excluding diaryl/α,β-unsaturated/α-hetero) is 1. The van der Waals surface area contributed by atoms with Gasteiger partial charge in [0.25, 0.3) is 0 Å². The van der Waals surface area contributed by atoms with Gasteiger partial charge in [-0.05, 0) is 18.6 Å². The van der Waals surface area contributed by atoms with Gasteiger partial charge in [0.1, 0.15) is 12.2 Å². The Morgan fingerprint density at radius 3 is 2.31 bits per heavy atom. The van der Waals surface area contributed by atoms with Crippen LogP contribution in [0.25, 0.3) is 0 Å². The number of ether oxygens (including phenoxy) is 2. The summed E-state index contributed by atoms with van der Waals surface area (Å²) in [6.07, 6.45) is 1.12. The Balaban J connectivity index is 2.45. The van der Waals surface area contributed by atoms with E-state index in [0.29, 0.717) is 11.6 Å². The second-order valence-electron chi connectivity index (χ2n) is 6.19. The average Bonchev–Trinajstić information content (AvgIpc) is 2.69. The van der Waals surface area contributed by atoms with E-state index < -0.39 is 46.1 Å². The van der Waals surface area contributed by atoms with Gasteiger partial charge in [0.05, 0.1) is 12.2 Å². The second-order valence-corrected chi connectivity index (χ2v) is 6.19. The van der Waals surface area contributed by atoms with E-state index in [2.05, 4.69) is 0 Å². The average molecular weight is 407 g/mol. The molecule has 0 aliphatic rings. The summed E-state index contributed by atoms with van der Waals surface area (Å²) in [6, 6.07) is 8.84. The van der Waals surface area contributed by atoms with E-state index in [9.17, 15) is 22.8 Å². The molecule has 0 spiro atoms. The number of benzene rings is 2. The first kappa shape index (κ1) is 22.0. The first-order valence-corrected chi connectivity index (χ1v) is 8.70. The number of hydrogen-bond donors (Lipinski definition) is 0. The molecule has 2 aromatic carbocycles. The minimum absolute atomic E-state index is 0.0252. The monoisotopic (exact) mass is 407 g/mol. The van der Waals surface area contributed by atoms with Crippen molar-refractivity contribution >= 4 is 11.8 Å². The topological polar surface area (TPSA) is 55.8 Å². The molecule has 0 radical (unpaired) electrons. The summed E-state index contributed by atoms with van der Waals surface area (Å²) in [5.74, 6) is -7.65. The predicted octanol–water partition coefficient (Wildman–Crippen LogP) is 3.87. The van der Waals surface area contributed by atoms with Gasteiger partial charge in [-0.2, -0.15) is 4.39 Å². The third-order valence-electron chi connectivity index (χ3n) is 3.71. The fraction of sp³-hybridized carbons (Fsp3) is 0.238. The number of carbonyl (C=O) groups is 2. The third-order valence-corrected chi connectivity index (χ3v) is 3.71. The Hall–Kier alpha value is -3.29. The molecule has 2 rings (SSSR count). The van der Waals surface area contributed by atoms with Crippen molar-refractivity contribution in [3.05, 3.63) is 76.7 Å². The highest BCUT2D eigenvalue weighted by molar-refractivity contribution is 6.24. The fourth-order valence-corrected chi connectivity index (χ4v) is 2.42. The number of rotatable bonds is 8. The lowest BCUT2D eigenvalue weighted by atomic mass is 10.0. The minimum Gasteiger partial charge on any atom is -0.483 e. The van der Waals surface area contributed by atoms with Gasteiger partial charge in [-0.3, -0.25) is 4.79 Å². The van der Waals surface area contributed by atoms with Gasteiger partial charge >= 0.3 is 5.97 Å². The van der Waals surface area contributed by atoms with Crippen LogP contribution in [0.2, 0.25) is 0 Å². The molecule has 0 N–H and O–H groups in total. The Morgan fingerprint density at radius 1 is 1.07 bits per heavy atom. The van der Waals surface area contributed by atoms with Gasteiger partial charge in [0, 0.05) is 20.3 Å². The van der Waals surface area contributed by atoms with Crippen LogP contribution in [0.4, 0.5) is 13.2 Å². The smallest absolute Gasteiger partial charge is 0.343 e. The van der Waals surface area contributed by atoms with E-state index >= 15 is 0 Å². The molecular weight excluding hydrogens is 387 g/mol. The van der Waals surface area contributed by atoms with Crippen LogP contribution in [0.15, 0.2) is 48.2 Å². The molecule has 8 heteroatoms. The maximum atomic E-state index is 14.9. The predicted molar refractivity (Wildman–Crippen MR) is 99.8 cm³/mol. The maximum Gasteiger partial charge on any atom is 0.343 e. The van der Waals surface area contributed by atoms with E-state index in [1.807, 2.05) is 0 Å². The number of hydrogen-bond acceptors (Lipinski definition) is 5. The molecule has 0 saturated heterocycles. The molecule has 0 atom stereocenters. The Kier molecular flexibility index (Phi) is 7.41. The van der Waals surface area contributed by atoms with E-state index in [4.69, 9.17) is 9.47 Å². The fourth-order valence-electron chi connectivity index (χ4n) is 2.42. The van der Waals surface area contributed by atoms with E-state index in [1.54, 1.807) is 30.3 Å². The van der Waals surface area contributed by atoms with Gasteiger partial charge in [-0.25, -0.2) is 13.6 Å². The van der Waals surface area contributed by atoms with Gasteiger partial charge in [-0.15, -0.1) is 0 Å². The largest absolute Gasteiger partial charge is 0.483 e. The number of halogens is 3. The standard InChI is InChI=1S/C21H20F3NO4/c1-4-28-21(27)15(11-25(2)3)19(26)14-10-16(22)18(24)20(17(14)23)29-12-13-8-6-5-7-9-13/h5-11H,4,12H2,1-3H3. The van der Waals surface area contributed by atoms with Crippen molar-refractivity contribution in [2.75, 3.05) is 20.7 Å². The van der Waals surface area contributed by atoms with Crippen molar-refractivity contribution in [1.82, 2.24) is 4.90 Å². The zero-order valence-electron chi connectivity index (χ0n) is 16.2. The lowest BCUT2D eigenvalue weighted by Crippen LogP contribution is -2.21. The van der Waals surface area contributed by atoms with Crippen LogP contribution in [-0.2, 0) is 16.1 Å². The molecule has 29 heavy (non-hydrogen) atoms. The van der Waals surface area contributed by atoms with Gasteiger partial charge < -0.3 is 14.4 Å². The molecule has 154 valence electrons. The molecule has 0 amide bonds. The summed E-state index contributed by atoms with van der Waals surface area (Å²) < 4.78 is 53.0. The highest BCUT2D eigenvalue weighted by Gasteiger charge is 2.29. The summed E-state index contributed by atoms with van der Waals surface area (Å²) in [4.78, 5) is 26.2. The van der Waals surface area contributed by atoms with Crippen LogP contribution < -0.4 is 4.74 Å². The number of ketones is 1. The highest BCUT2D eigenvalue weighted by atomic mass is 19.2. The Labute approximate surface area is 166 Å². The summed E-state index contributed by atoms with van der Waals surface area (Å²) in [6.45, 7) is 1.26. The van der Waals surface area contributed by atoms with Crippen molar-refractivity contribution in [2.24, 2.45) is 0 Å². The van der Waals surface area contributed by atoms with Crippen molar-refractivity contribution in [1.29, 1.82) is 0 Å². The summed E-state index contributed by atoms with van der Waals surface area (Å²) >= 11 is 0. The quantitative estimate of drug-likeness (QED) is 0.166. The number of carbonyl (C=O) groups excluding carboxylic acids is 2. The molecule has 0 heterocycles. The number of nitrogens with zero attached hydrogens (tertiary/aromatic N) is 1. The molecule has 5 nitrogen and oxygen atoms in total. The third kappa shape index (κ3) is 5.37. The summed E-state index contributed by atoms with van der Waals surface area (Å²) in [7, 11) is 3.06. The van der Waals surface area contributed by atoms with Crippen molar-refractivity contribution in [2.45, 2.75) is 13.5 Å². The van der Waals surface area contributed by atoms with Crippen molar-refractivity contribution in [3.8, 4) is 5.75 Å². The minimum atomic E-state index is -1.57.